The molecule has 0 unspecified atom stereocenters. The Hall–Kier alpha value is -2.04. The first kappa shape index (κ1) is 15.4. The maximum absolute atomic E-state index is 12.4. The van der Waals surface area contributed by atoms with Crippen LogP contribution in [0.3, 0.4) is 0 Å². The van der Waals surface area contributed by atoms with Gasteiger partial charge in [0.2, 0.25) is 5.91 Å². The number of ether oxygens (including phenoxy) is 1. The largest absolute Gasteiger partial charge is 0.453 e. The van der Waals surface area contributed by atoms with Crippen LogP contribution in [0.4, 0.5) is 4.79 Å². The molecule has 5 heteroatoms. The number of nitrogens with zero attached hydrogens (tertiary/aromatic N) is 2. The zero-order valence-electron chi connectivity index (χ0n) is 12.7. The molecule has 0 aromatic heterocycles. The van der Waals surface area contributed by atoms with Crippen molar-refractivity contribution in [3.05, 3.63) is 35.4 Å². The minimum absolute atomic E-state index is 0.118. The van der Waals surface area contributed by atoms with Crippen molar-refractivity contribution >= 4 is 12.0 Å². The summed E-state index contributed by atoms with van der Waals surface area (Å²) < 4.78 is 4.73. The van der Waals surface area contributed by atoms with Gasteiger partial charge in [0.15, 0.2) is 0 Å². The average molecular weight is 290 g/mol. The summed E-state index contributed by atoms with van der Waals surface area (Å²) in [6, 6.07) is 8.01. The van der Waals surface area contributed by atoms with E-state index in [1.807, 2.05) is 36.1 Å². The lowest BCUT2D eigenvalue weighted by atomic mass is 10.1. The highest BCUT2D eigenvalue weighted by molar-refractivity contribution is 5.79. The second-order valence-electron chi connectivity index (χ2n) is 5.36. The minimum Gasteiger partial charge on any atom is -0.453 e. The van der Waals surface area contributed by atoms with Crippen molar-refractivity contribution in [3.63, 3.8) is 0 Å². The average Bonchev–Trinajstić information content (AvgIpc) is 2.72. The molecule has 5 nitrogen and oxygen atoms in total. The van der Waals surface area contributed by atoms with Gasteiger partial charge in [0, 0.05) is 26.2 Å². The van der Waals surface area contributed by atoms with E-state index in [0.717, 1.165) is 17.5 Å². The van der Waals surface area contributed by atoms with E-state index in [2.05, 4.69) is 0 Å². The Morgan fingerprint density at radius 1 is 1.14 bits per heavy atom. The SMILES string of the molecule is COC(=O)N1CCCN(C(=O)Cc2cccc(C)c2)CC1. The third-order valence-electron chi connectivity index (χ3n) is 3.72. The Morgan fingerprint density at radius 3 is 2.57 bits per heavy atom. The van der Waals surface area contributed by atoms with Crippen molar-refractivity contribution in [1.29, 1.82) is 0 Å². The van der Waals surface area contributed by atoms with E-state index in [0.29, 0.717) is 32.6 Å². The Labute approximate surface area is 125 Å². The summed E-state index contributed by atoms with van der Waals surface area (Å²) in [6.45, 7) is 4.46. The first-order valence-electron chi connectivity index (χ1n) is 7.26. The summed E-state index contributed by atoms with van der Waals surface area (Å²) in [5.74, 6) is 0.118. The van der Waals surface area contributed by atoms with Gasteiger partial charge in [-0.3, -0.25) is 4.79 Å². The smallest absolute Gasteiger partial charge is 0.409 e. The number of hydrogen-bond acceptors (Lipinski definition) is 3. The Bertz CT molecular complexity index is 516. The third-order valence-corrected chi connectivity index (χ3v) is 3.72. The van der Waals surface area contributed by atoms with E-state index >= 15 is 0 Å². The molecule has 1 saturated heterocycles. The summed E-state index contributed by atoms with van der Waals surface area (Å²) in [5, 5.41) is 0. The van der Waals surface area contributed by atoms with Gasteiger partial charge in [-0.25, -0.2) is 4.79 Å². The molecule has 0 N–H and O–H groups in total. The Morgan fingerprint density at radius 2 is 1.86 bits per heavy atom. The van der Waals surface area contributed by atoms with E-state index in [9.17, 15) is 9.59 Å². The zero-order valence-corrected chi connectivity index (χ0v) is 12.7. The maximum Gasteiger partial charge on any atom is 0.409 e. The lowest BCUT2D eigenvalue weighted by molar-refractivity contribution is -0.130. The number of benzene rings is 1. The topological polar surface area (TPSA) is 49.9 Å². The van der Waals surface area contributed by atoms with Crippen LogP contribution in [0.1, 0.15) is 17.5 Å². The molecule has 1 fully saturated rings. The molecule has 1 aromatic carbocycles. The van der Waals surface area contributed by atoms with Gasteiger partial charge in [-0.05, 0) is 18.9 Å². The minimum atomic E-state index is -0.317. The molecule has 0 radical (unpaired) electrons. The van der Waals surface area contributed by atoms with Gasteiger partial charge < -0.3 is 14.5 Å². The van der Waals surface area contributed by atoms with Crippen LogP contribution in [-0.4, -0.2) is 55.1 Å². The quantitative estimate of drug-likeness (QED) is 0.835. The first-order chi connectivity index (χ1) is 10.1. The van der Waals surface area contributed by atoms with Gasteiger partial charge in [-0.1, -0.05) is 29.8 Å². The molecule has 0 saturated carbocycles. The van der Waals surface area contributed by atoms with Crippen LogP contribution in [-0.2, 0) is 16.0 Å². The van der Waals surface area contributed by atoms with Crippen molar-refractivity contribution < 1.29 is 14.3 Å². The van der Waals surface area contributed by atoms with Crippen LogP contribution in [0.15, 0.2) is 24.3 Å². The molecule has 21 heavy (non-hydrogen) atoms. The highest BCUT2D eigenvalue weighted by Gasteiger charge is 2.22. The van der Waals surface area contributed by atoms with Crippen molar-refractivity contribution in [2.45, 2.75) is 19.8 Å². The van der Waals surface area contributed by atoms with Gasteiger partial charge in [0.05, 0.1) is 13.5 Å². The summed E-state index contributed by atoms with van der Waals surface area (Å²) in [4.78, 5) is 27.4. The van der Waals surface area contributed by atoms with Crippen molar-refractivity contribution in [2.75, 3.05) is 33.3 Å². The predicted octanol–water partition coefficient (Wildman–Crippen LogP) is 1.84. The number of carbonyl (C=O) groups excluding carboxylic acids is 2. The lowest BCUT2D eigenvalue weighted by Gasteiger charge is -2.21. The molecule has 0 bridgehead atoms. The first-order valence-corrected chi connectivity index (χ1v) is 7.26. The molecule has 2 amide bonds. The molecule has 1 heterocycles. The van der Waals surface area contributed by atoms with E-state index in [1.165, 1.54) is 7.11 Å². The van der Waals surface area contributed by atoms with Gasteiger partial charge >= 0.3 is 6.09 Å². The van der Waals surface area contributed by atoms with Crippen LogP contribution in [0, 0.1) is 6.92 Å². The fourth-order valence-corrected chi connectivity index (χ4v) is 2.59. The molecule has 0 spiro atoms. The van der Waals surface area contributed by atoms with Gasteiger partial charge in [-0.15, -0.1) is 0 Å². The molecular formula is C16H22N2O3. The molecule has 114 valence electrons. The predicted molar refractivity (Wildman–Crippen MR) is 80.1 cm³/mol. The molecule has 1 aromatic rings. The molecule has 1 aliphatic rings. The van der Waals surface area contributed by atoms with E-state index in [-0.39, 0.29) is 12.0 Å². The van der Waals surface area contributed by atoms with Crippen LogP contribution in [0.25, 0.3) is 0 Å². The fourth-order valence-electron chi connectivity index (χ4n) is 2.59. The van der Waals surface area contributed by atoms with Crippen LogP contribution >= 0.6 is 0 Å². The number of carbonyl (C=O) groups is 2. The normalized spacial score (nSPS) is 15.5. The molecule has 2 rings (SSSR count). The number of amides is 2. The van der Waals surface area contributed by atoms with Crippen molar-refractivity contribution in [1.82, 2.24) is 9.80 Å². The van der Waals surface area contributed by atoms with Crippen LogP contribution in [0.2, 0.25) is 0 Å². The van der Waals surface area contributed by atoms with E-state index in [4.69, 9.17) is 4.74 Å². The van der Waals surface area contributed by atoms with Gasteiger partial charge in [-0.2, -0.15) is 0 Å². The number of methoxy groups -OCH3 is 1. The number of hydrogen-bond donors (Lipinski definition) is 0. The summed E-state index contributed by atoms with van der Waals surface area (Å²) >= 11 is 0. The number of aryl methyl sites for hydroxylation is 1. The van der Waals surface area contributed by atoms with E-state index < -0.39 is 0 Å². The molecular weight excluding hydrogens is 268 g/mol. The van der Waals surface area contributed by atoms with Crippen LogP contribution < -0.4 is 0 Å². The second-order valence-corrected chi connectivity index (χ2v) is 5.36. The second kappa shape index (κ2) is 7.11. The zero-order chi connectivity index (χ0) is 15.2. The van der Waals surface area contributed by atoms with Crippen molar-refractivity contribution in [3.8, 4) is 0 Å². The Balaban J connectivity index is 1.92. The highest BCUT2D eigenvalue weighted by Crippen LogP contribution is 2.09. The standard InChI is InChI=1S/C16H22N2O3/c1-13-5-3-6-14(11-13)12-15(19)17-7-4-8-18(10-9-17)16(20)21-2/h3,5-6,11H,4,7-10,12H2,1-2H3. The Kier molecular flexibility index (Phi) is 5.20. The van der Waals surface area contributed by atoms with Gasteiger partial charge in [0.25, 0.3) is 0 Å². The summed E-state index contributed by atoms with van der Waals surface area (Å²) in [5.41, 5.74) is 2.20. The molecule has 0 atom stereocenters. The maximum atomic E-state index is 12.4. The van der Waals surface area contributed by atoms with Gasteiger partial charge in [0.1, 0.15) is 0 Å². The van der Waals surface area contributed by atoms with Crippen LogP contribution in [0.5, 0.6) is 0 Å². The van der Waals surface area contributed by atoms with Crippen molar-refractivity contribution in [2.24, 2.45) is 0 Å². The molecule has 0 aliphatic carbocycles. The highest BCUT2D eigenvalue weighted by atomic mass is 16.5. The number of rotatable bonds is 2. The molecule has 1 aliphatic heterocycles. The summed E-state index contributed by atoms with van der Waals surface area (Å²) in [6.07, 6.45) is 0.886. The third kappa shape index (κ3) is 4.21. The van der Waals surface area contributed by atoms with E-state index in [1.54, 1.807) is 4.90 Å². The monoisotopic (exact) mass is 290 g/mol. The summed E-state index contributed by atoms with van der Waals surface area (Å²) in [7, 11) is 1.38. The fraction of sp³-hybridized carbons (Fsp3) is 0.500. The lowest BCUT2D eigenvalue weighted by Crippen LogP contribution is -2.37.